The standard InChI is InChI=1S/C27H30N8O3S/c1-17-12-13-23(31-21(17)16-28)32-24-15-20(30-19-9-5-6-10-22(19)34(3)39(4,36)37)26-27(33-24)35(18(2)29-26)25-11-7-8-14-38-25/h5-6,9-10,12-13,15,25H,7-8,11,14H2,1-4H3,(H2,30,31,32,33). The normalized spacial score (nSPS) is 15.6. The third kappa shape index (κ3) is 5.36. The Bertz CT molecular complexity index is 1690. The molecule has 11 nitrogen and oxygen atoms in total. The minimum Gasteiger partial charge on any atom is -0.358 e. The smallest absolute Gasteiger partial charge is 0.232 e. The highest BCUT2D eigenvalue weighted by molar-refractivity contribution is 7.92. The number of nitrogens with one attached hydrogen (secondary N) is 2. The lowest BCUT2D eigenvalue weighted by Crippen LogP contribution is -2.25. The summed E-state index contributed by atoms with van der Waals surface area (Å²) in [6.45, 7) is 4.42. The molecular weight excluding hydrogens is 516 g/mol. The number of ether oxygens (including phenoxy) is 1. The van der Waals surface area contributed by atoms with E-state index in [4.69, 9.17) is 14.7 Å². The van der Waals surface area contributed by atoms with Gasteiger partial charge in [-0.3, -0.25) is 8.87 Å². The van der Waals surface area contributed by atoms with Crippen LogP contribution in [-0.2, 0) is 14.8 Å². The molecule has 2 N–H and O–H groups in total. The van der Waals surface area contributed by atoms with Crippen LogP contribution in [0.15, 0.2) is 42.5 Å². The van der Waals surface area contributed by atoms with Gasteiger partial charge >= 0.3 is 0 Å². The van der Waals surface area contributed by atoms with Gasteiger partial charge in [0.15, 0.2) is 5.65 Å². The van der Waals surface area contributed by atoms with Crippen LogP contribution in [0.25, 0.3) is 11.2 Å². The molecule has 1 fully saturated rings. The van der Waals surface area contributed by atoms with Crippen molar-refractivity contribution in [2.24, 2.45) is 0 Å². The Hall–Kier alpha value is -4.21. The van der Waals surface area contributed by atoms with Gasteiger partial charge in [-0.25, -0.2) is 23.4 Å². The molecule has 1 aliphatic heterocycles. The predicted molar refractivity (Wildman–Crippen MR) is 151 cm³/mol. The number of aromatic nitrogens is 4. The highest BCUT2D eigenvalue weighted by Crippen LogP contribution is 2.36. The van der Waals surface area contributed by atoms with Crippen molar-refractivity contribution in [2.75, 3.05) is 34.8 Å². The first kappa shape index (κ1) is 26.4. The lowest BCUT2D eigenvalue weighted by atomic mass is 10.2. The Labute approximate surface area is 227 Å². The van der Waals surface area contributed by atoms with Crippen molar-refractivity contribution in [1.82, 2.24) is 19.5 Å². The number of sulfonamides is 1. The zero-order valence-electron chi connectivity index (χ0n) is 22.3. The molecule has 1 unspecified atom stereocenters. The Balaban J connectivity index is 1.64. The number of para-hydroxylation sites is 2. The summed E-state index contributed by atoms with van der Waals surface area (Å²) < 4.78 is 34.0. The molecule has 0 saturated carbocycles. The molecule has 12 heteroatoms. The fourth-order valence-electron chi connectivity index (χ4n) is 4.62. The van der Waals surface area contributed by atoms with Crippen molar-refractivity contribution in [3.05, 3.63) is 59.5 Å². The van der Waals surface area contributed by atoms with Gasteiger partial charge in [0.25, 0.3) is 0 Å². The second-order valence-electron chi connectivity index (χ2n) is 9.55. The number of hydrogen-bond acceptors (Lipinski definition) is 9. The third-order valence-corrected chi connectivity index (χ3v) is 7.93. The zero-order valence-corrected chi connectivity index (χ0v) is 23.1. The SMILES string of the molecule is Cc1ccc(Nc2cc(Nc3ccccc3N(C)S(C)(=O)=O)c3nc(C)n(C4CCCCO4)c3n2)nc1C#N. The average molecular weight is 547 g/mol. The summed E-state index contributed by atoms with van der Waals surface area (Å²) in [5.74, 6) is 1.71. The third-order valence-electron chi connectivity index (χ3n) is 6.74. The maximum absolute atomic E-state index is 12.3. The van der Waals surface area contributed by atoms with Gasteiger partial charge in [-0.2, -0.15) is 5.26 Å². The summed E-state index contributed by atoms with van der Waals surface area (Å²) in [6.07, 6.45) is 3.88. The maximum atomic E-state index is 12.3. The Kier molecular flexibility index (Phi) is 7.12. The molecule has 1 atom stereocenters. The highest BCUT2D eigenvalue weighted by Gasteiger charge is 2.24. The molecule has 1 aliphatic rings. The van der Waals surface area contributed by atoms with Crippen LogP contribution in [0.2, 0.25) is 0 Å². The molecule has 0 spiro atoms. The van der Waals surface area contributed by atoms with E-state index in [0.717, 1.165) is 36.9 Å². The number of rotatable bonds is 7. The van der Waals surface area contributed by atoms with E-state index in [1.807, 2.05) is 36.6 Å². The van der Waals surface area contributed by atoms with Gasteiger partial charge < -0.3 is 15.4 Å². The molecule has 0 radical (unpaired) electrons. The fraction of sp³-hybridized carbons (Fsp3) is 0.333. The van der Waals surface area contributed by atoms with Gasteiger partial charge in [-0.05, 0) is 56.9 Å². The Morgan fingerprint density at radius 3 is 2.56 bits per heavy atom. The van der Waals surface area contributed by atoms with E-state index in [-0.39, 0.29) is 6.23 Å². The van der Waals surface area contributed by atoms with E-state index in [1.165, 1.54) is 11.4 Å². The van der Waals surface area contributed by atoms with Crippen molar-refractivity contribution < 1.29 is 13.2 Å². The lowest BCUT2D eigenvalue weighted by molar-refractivity contribution is -0.0308. The first-order valence-corrected chi connectivity index (χ1v) is 14.5. The van der Waals surface area contributed by atoms with Crippen LogP contribution in [0.4, 0.5) is 28.7 Å². The molecule has 0 amide bonds. The minimum atomic E-state index is -3.49. The molecule has 0 bridgehead atoms. The van der Waals surface area contributed by atoms with Gasteiger partial charge in [-0.1, -0.05) is 18.2 Å². The van der Waals surface area contributed by atoms with E-state index < -0.39 is 10.0 Å². The monoisotopic (exact) mass is 546 g/mol. The van der Waals surface area contributed by atoms with Crippen molar-refractivity contribution in [3.8, 4) is 6.07 Å². The number of imidazole rings is 1. The van der Waals surface area contributed by atoms with Crippen molar-refractivity contribution in [2.45, 2.75) is 39.3 Å². The molecule has 1 saturated heterocycles. The zero-order chi connectivity index (χ0) is 27.7. The number of pyridine rings is 2. The van der Waals surface area contributed by atoms with Crippen molar-refractivity contribution in [1.29, 1.82) is 5.26 Å². The van der Waals surface area contributed by atoms with Crippen LogP contribution in [0.5, 0.6) is 0 Å². The predicted octanol–water partition coefficient (Wildman–Crippen LogP) is 4.90. The number of benzene rings is 1. The summed E-state index contributed by atoms with van der Waals surface area (Å²) in [7, 11) is -1.98. The van der Waals surface area contributed by atoms with Gasteiger partial charge in [0.2, 0.25) is 10.0 Å². The quantitative estimate of drug-likeness (QED) is 0.331. The van der Waals surface area contributed by atoms with Gasteiger partial charge in [0.05, 0.1) is 23.3 Å². The number of hydrogen-bond donors (Lipinski definition) is 2. The first-order valence-electron chi connectivity index (χ1n) is 12.6. The number of nitrogens with zero attached hydrogens (tertiary/aromatic N) is 6. The molecule has 202 valence electrons. The van der Waals surface area contributed by atoms with Crippen molar-refractivity contribution >= 4 is 49.9 Å². The van der Waals surface area contributed by atoms with E-state index in [2.05, 4.69) is 21.7 Å². The highest BCUT2D eigenvalue weighted by atomic mass is 32.2. The topological polar surface area (TPSA) is 138 Å². The largest absolute Gasteiger partial charge is 0.358 e. The average Bonchev–Trinajstić information content (AvgIpc) is 3.25. The fourth-order valence-corrected chi connectivity index (χ4v) is 5.14. The van der Waals surface area contributed by atoms with Crippen LogP contribution >= 0.6 is 0 Å². The molecule has 39 heavy (non-hydrogen) atoms. The summed E-state index contributed by atoms with van der Waals surface area (Å²) in [6, 6.07) is 14.7. The molecule has 1 aromatic carbocycles. The number of fused-ring (bicyclic) bond motifs is 1. The molecule has 0 aliphatic carbocycles. The maximum Gasteiger partial charge on any atom is 0.232 e. The molecule has 4 aromatic rings. The summed E-state index contributed by atoms with van der Waals surface area (Å²) in [5.41, 5.74) is 4.06. The summed E-state index contributed by atoms with van der Waals surface area (Å²) in [4.78, 5) is 14.1. The molecule has 3 aromatic heterocycles. The lowest BCUT2D eigenvalue weighted by Gasteiger charge is -2.25. The number of nitriles is 1. The van der Waals surface area contributed by atoms with Crippen LogP contribution in [0.1, 0.15) is 42.6 Å². The molecule has 4 heterocycles. The second kappa shape index (κ2) is 10.5. The Morgan fingerprint density at radius 2 is 1.85 bits per heavy atom. The number of anilines is 5. The van der Waals surface area contributed by atoms with Gasteiger partial charge in [0.1, 0.15) is 41.0 Å². The van der Waals surface area contributed by atoms with E-state index in [0.29, 0.717) is 52.2 Å². The van der Waals surface area contributed by atoms with E-state index >= 15 is 0 Å². The van der Waals surface area contributed by atoms with E-state index in [9.17, 15) is 13.7 Å². The first-order chi connectivity index (χ1) is 18.7. The molecular formula is C27H30N8O3S. The van der Waals surface area contributed by atoms with Crippen LogP contribution in [0.3, 0.4) is 0 Å². The Morgan fingerprint density at radius 1 is 1.05 bits per heavy atom. The van der Waals surface area contributed by atoms with Crippen LogP contribution in [-0.4, -0.2) is 47.8 Å². The van der Waals surface area contributed by atoms with Crippen LogP contribution < -0.4 is 14.9 Å². The van der Waals surface area contributed by atoms with Crippen molar-refractivity contribution in [3.63, 3.8) is 0 Å². The number of aryl methyl sites for hydroxylation is 2. The molecule has 5 rings (SSSR count). The second-order valence-corrected chi connectivity index (χ2v) is 11.6. The van der Waals surface area contributed by atoms with Gasteiger partial charge in [0, 0.05) is 19.7 Å². The summed E-state index contributed by atoms with van der Waals surface area (Å²) in [5, 5.41) is 16.0. The van der Waals surface area contributed by atoms with E-state index in [1.54, 1.807) is 24.3 Å². The summed E-state index contributed by atoms with van der Waals surface area (Å²) >= 11 is 0. The van der Waals surface area contributed by atoms with Crippen LogP contribution in [0, 0.1) is 25.2 Å². The minimum absolute atomic E-state index is 0.189. The van der Waals surface area contributed by atoms with Gasteiger partial charge in [-0.15, -0.1) is 0 Å².